The summed E-state index contributed by atoms with van der Waals surface area (Å²) in [6.45, 7) is 4.15. The molecule has 0 saturated carbocycles. The van der Waals surface area contributed by atoms with Crippen LogP contribution in [0, 0.1) is 6.92 Å². The molecule has 0 aromatic carbocycles. The van der Waals surface area contributed by atoms with Crippen molar-refractivity contribution in [3.8, 4) is 11.3 Å². The van der Waals surface area contributed by atoms with Gasteiger partial charge >= 0.3 is 0 Å². The highest BCUT2D eigenvalue weighted by atomic mass is 32.1. The van der Waals surface area contributed by atoms with Crippen molar-refractivity contribution in [1.82, 2.24) is 29.9 Å². The molecule has 0 radical (unpaired) electrons. The van der Waals surface area contributed by atoms with Gasteiger partial charge in [0.05, 0.1) is 28.8 Å². The Balaban J connectivity index is 1.64. The highest BCUT2D eigenvalue weighted by Gasteiger charge is 2.21. The summed E-state index contributed by atoms with van der Waals surface area (Å²) in [5.74, 6) is 1.21. The van der Waals surface area contributed by atoms with E-state index in [1.165, 1.54) is 12.0 Å². The fourth-order valence-corrected chi connectivity index (χ4v) is 4.40. The summed E-state index contributed by atoms with van der Waals surface area (Å²) in [7, 11) is 0. The zero-order chi connectivity index (χ0) is 18.2. The Morgan fingerprint density at radius 3 is 3.04 bits per heavy atom. The first-order valence-corrected chi connectivity index (χ1v) is 10.1. The average Bonchev–Trinajstić information content (AvgIpc) is 3.43. The van der Waals surface area contributed by atoms with E-state index < -0.39 is 0 Å². The number of nitrogens with one attached hydrogen (secondary N) is 3. The van der Waals surface area contributed by atoms with Crippen molar-refractivity contribution in [2.75, 3.05) is 18.4 Å². The molecule has 4 aromatic heterocycles. The lowest BCUT2D eigenvalue weighted by molar-refractivity contribution is 0.454. The van der Waals surface area contributed by atoms with Crippen LogP contribution < -0.4 is 10.6 Å². The molecule has 4 aromatic rings. The lowest BCUT2D eigenvalue weighted by Gasteiger charge is -2.23. The minimum atomic E-state index is 0.411. The number of hydrogen-bond acceptors (Lipinski definition) is 6. The smallest absolute Gasteiger partial charge is 0.180 e. The van der Waals surface area contributed by atoms with Crippen LogP contribution in [0.25, 0.3) is 16.9 Å². The van der Waals surface area contributed by atoms with Gasteiger partial charge in [-0.05, 0) is 43.3 Å². The lowest BCUT2D eigenvalue weighted by Crippen LogP contribution is -2.29. The summed E-state index contributed by atoms with van der Waals surface area (Å²) >= 11 is 1.68. The number of nitrogens with zero attached hydrogens (tertiary/aromatic N) is 4. The molecule has 1 unspecified atom stereocenters. The number of H-pyrrole nitrogens is 1. The first kappa shape index (κ1) is 16.5. The lowest BCUT2D eigenvalue weighted by atomic mass is 9.96. The van der Waals surface area contributed by atoms with Gasteiger partial charge in [0.15, 0.2) is 11.5 Å². The number of aromatic amines is 1. The highest BCUT2D eigenvalue weighted by Crippen LogP contribution is 2.31. The van der Waals surface area contributed by atoms with Crippen molar-refractivity contribution in [2.24, 2.45) is 0 Å². The fourth-order valence-electron chi connectivity index (χ4n) is 3.61. The molecule has 1 fully saturated rings. The molecule has 0 spiro atoms. The molecular formula is C19H21N7S. The minimum Gasteiger partial charge on any atom is -0.329 e. The topological polar surface area (TPSA) is 82.9 Å². The van der Waals surface area contributed by atoms with E-state index in [1.807, 2.05) is 18.6 Å². The molecule has 1 atom stereocenters. The molecule has 0 aliphatic carbocycles. The monoisotopic (exact) mass is 379 g/mol. The van der Waals surface area contributed by atoms with Crippen LogP contribution >= 0.6 is 11.3 Å². The molecule has 5 rings (SSSR count). The average molecular weight is 379 g/mol. The van der Waals surface area contributed by atoms with E-state index in [0.717, 1.165) is 52.9 Å². The first-order chi connectivity index (χ1) is 13.3. The third-order valence-electron chi connectivity index (χ3n) is 4.99. The van der Waals surface area contributed by atoms with Gasteiger partial charge in [0.2, 0.25) is 0 Å². The van der Waals surface area contributed by atoms with Gasteiger partial charge in [-0.15, -0.1) is 11.3 Å². The van der Waals surface area contributed by atoms with Gasteiger partial charge in [-0.25, -0.2) is 9.97 Å². The molecule has 7 nitrogen and oxygen atoms in total. The number of rotatable bonds is 4. The zero-order valence-electron chi connectivity index (χ0n) is 15.1. The van der Waals surface area contributed by atoms with Gasteiger partial charge in [-0.3, -0.25) is 9.50 Å². The second-order valence-corrected chi connectivity index (χ2v) is 7.91. The van der Waals surface area contributed by atoms with E-state index >= 15 is 0 Å². The van der Waals surface area contributed by atoms with Gasteiger partial charge in [-0.1, -0.05) is 0 Å². The summed E-state index contributed by atoms with van der Waals surface area (Å²) in [6, 6.07) is 2.14. The molecule has 27 heavy (non-hydrogen) atoms. The van der Waals surface area contributed by atoms with Gasteiger partial charge < -0.3 is 10.6 Å². The summed E-state index contributed by atoms with van der Waals surface area (Å²) in [5.41, 5.74) is 5.18. The fraction of sp³-hybridized carbons (Fsp3) is 0.316. The Labute approximate surface area is 160 Å². The molecule has 1 aliphatic heterocycles. The Morgan fingerprint density at radius 1 is 1.33 bits per heavy atom. The van der Waals surface area contributed by atoms with E-state index in [2.05, 4.69) is 54.8 Å². The Morgan fingerprint density at radius 2 is 2.30 bits per heavy atom. The molecule has 1 aliphatic rings. The van der Waals surface area contributed by atoms with Crippen molar-refractivity contribution in [3.05, 3.63) is 47.5 Å². The maximum absolute atomic E-state index is 4.97. The number of aromatic nitrogens is 5. The molecule has 138 valence electrons. The third-order valence-corrected chi connectivity index (χ3v) is 5.96. The molecule has 0 amide bonds. The van der Waals surface area contributed by atoms with Crippen LogP contribution in [0.4, 0.5) is 10.8 Å². The van der Waals surface area contributed by atoms with Gasteiger partial charge in [0.25, 0.3) is 0 Å². The third kappa shape index (κ3) is 3.11. The number of anilines is 2. The number of fused-ring (bicyclic) bond motifs is 1. The minimum absolute atomic E-state index is 0.411. The Kier molecular flexibility index (Phi) is 4.14. The van der Waals surface area contributed by atoms with Crippen LogP contribution in [-0.2, 0) is 0 Å². The molecule has 0 bridgehead atoms. The van der Waals surface area contributed by atoms with Gasteiger partial charge in [-0.2, -0.15) is 5.10 Å². The van der Waals surface area contributed by atoms with Crippen LogP contribution in [-0.4, -0.2) is 37.7 Å². The second kappa shape index (κ2) is 6.79. The predicted molar refractivity (Wildman–Crippen MR) is 108 cm³/mol. The quantitative estimate of drug-likeness (QED) is 0.504. The Hall–Kier alpha value is -2.71. The largest absolute Gasteiger partial charge is 0.329 e. The number of piperidine rings is 1. The summed E-state index contributed by atoms with van der Waals surface area (Å²) in [4.78, 5) is 9.62. The molecule has 8 heteroatoms. The standard InChI is InChI=1S/C19H21N7S/c1-12-5-17(27-11-12)25-18-19-21-9-16(14-7-22-23-8-14)26(19)10-15(24-18)13-3-2-4-20-6-13/h5,7-11,13,20H,2-4,6H2,1H3,(H,22,23)(H,24,25). The summed E-state index contributed by atoms with van der Waals surface area (Å²) < 4.78 is 2.13. The van der Waals surface area contributed by atoms with Crippen molar-refractivity contribution < 1.29 is 0 Å². The SMILES string of the molecule is Cc1csc(Nc2nc(C3CCCNC3)cn3c(-c4cn[nH]c4)cnc23)c1. The van der Waals surface area contributed by atoms with Crippen LogP contribution in [0.1, 0.15) is 30.0 Å². The second-order valence-electron chi connectivity index (χ2n) is 6.99. The number of aryl methyl sites for hydroxylation is 1. The van der Waals surface area contributed by atoms with E-state index in [9.17, 15) is 0 Å². The van der Waals surface area contributed by atoms with E-state index in [-0.39, 0.29) is 0 Å². The first-order valence-electron chi connectivity index (χ1n) is 9.18. The number of imidazole rings is 1. The van der Waals surface area contributed by atoms with Crippen LogP contribution in [0.3, 0.4) is 0 Å². The molecule has 1 saturated heterocycles. The van der Waals surface area contributed by atoms with Crippen LogP contribution in [0.15, 0.2) is 36.2 Å². The van der Waals surface area contributed by atoms with Gasteiger partial charge in [0.1, 0.15) is 0 Å². The van der Waals surface area contributed by atoms with Gasteiger partial charge in [0, 0.05) is 30.4 Å². The maximum Gasteiger partial charge on any atom is 0.180 e. The van der Waals surface area contributed by atoms with Crippen molar-refractivity contribution in [1.29, 1.82) is 0 Å². The zero-order valence-corrected chi connectivity index (χ0v) is 15.9. The van der Waals surface area contributed by atoms with Crippen LogP contribution in [0.5, 0.6) is 0 Å². The molecule has 3 N–H and O–H groups in total. The van der Waals surface area contributed by atoms with E-state index in [0.29, 0.717) is 5.92 Å². The highest BCUT2D eigenvalue weighted by molar-refractivity contribution is 7.14. The van der Waals surface area contributed by atoms with Crippen molar-refractivity contribution in [2.45, 2.75) is 25.7 Å². The summed E-state index contributed by atoms with van der Waals surface area (Å²) in [6.07, 6.45) is 10.1. The molecule has 5 heterocycles. The van der Waals surface area contributed by atoms with Crippen molar-refractivity contribution >= 4 is 27.8 Å². The van der Waals surface area contributed by atoms with Crippen LogP contribution in [0.2, 0.25) is 0 Å². The summed E-state index contributed by atoms with van der Waals surface area (Å²) in [5, 5.41) is 17.2. The normalized spacial score (nSPS) is 17.4. The Bertz CT molecular complexity index is 1060. The number of hydrogen-bond donors (Lipinski definition) is 3. The predicted octanol–water partition coefficient (Wildman–Crippen LogP) is 3.70. The van der Waals surface area contributed by atoms with E-state index in [1.54, 1.807) is 11.3 Å². The molecular weight excluding hydrogens is 358 g/mol. The number of thiophene rings is 1. The van der Waals surface area contributed by atoms with Crippen molar-refractivity contribution in [3.63, 3.8) is 0 Å². The maximum atomic E-state index is 4.97. The van der Waals surface area contributed by atoms with E-state index in [4.69, 9.17) is 4.98 Å².